The van der Waals surface area contributed by atoms with E-state index in [4.69, 9.17) is 5.11 Å². The second kappa shape index (κ2) is 6.12. The molecule has 1 fully saturated rings. The summed E-state index contributed by atoms with van der Waals surface area (Å²) in [5, 5.41) is 8.54. The fourth-order valence-electron chi connectivity index (χ4n) is 1.75. The number of aliphatic hydroxyl groups is 1. The lowest BCUT2D eigenvalue weighted by Crippen LogP contribution is -2.31. The van der Waals surface area contributed by atoms with Gasteiger partial charge in [-0.15, -0.1) is 0 Å². The molecular weight excluding hydrogens is 266 g/mol. The van der Waals surface area contributed by atoms with E-state index in [1.54, 1.807) is 0 Å². The Labute approximate surface area is 102 Å². The van der Waals surface area contributed by atoms with Crippen molar-refractivity contribution < 1.29 is 21.9 Å². The van der Waals surface area contributed by atoms with Crippen molar-refractivity contribution in [2.75, 3.05) is 30.4 Å². The molecule has 8 heteroatoms. The van der Waals surface area contributed by atoms with Crippen LogP contribution in [0.15, 0.2) is 0 Å². The number of hydrogen-bond donors (Lipinski definition) is 2. The maximum Gasteiger partial charge on any atom is 0.211 e. The summed E-state index contributed by atoms with van der Waals surface area (Å²) < 4.78 is 47.7. The van der Waals surface area contributed by atoms with Crippen LogP contribution in [0, 0.1) is 5.92 Å². The van der Waals surface area contributed by atoms with E-state index in [0.29, 0.717) is 19.3 Å². The minimum Gasteiger partial charge on any atom is -0.396 e. The maximum absolute atomic E-state index is 11.5. The Balaban J connectivity index is 2.30. The summed E-state index contributed by atoms with van der Waals surface area (Å²) in [6, 6.07) is 0. The first-order chi connectivity index (χ1) is 7.85. The molecule has 1 unspecified atom stereocenters. The second-order valence-corrected chi connectivity index (χ2v) is 8.52. The van der Waals surface area contributed by atoms with Crippen molar-refractivity contribution in [2.24, 2.45) is 5.92 Å². The Morgan fingerprint density at radius 1 is 1.29 bits per heavy atom. The third kappa shape index (κ3) is 5.80. The molecule has 1 heterocycles. The Hall–Kier alpha value is -0.180. The molecule has 1 atom stereocenters. The molecule has 1 aliphatic rings. The molecule has 1 saturated heterocycles. The lowest BCUT2D eigenvalue weighted by atomic mass is 10.1. The van der Waals surface area contributed by atoms with Crippen molar-refractivity contribution in [3.8, 4) is 0 Å². The number of hydrogen-bond acceptors (Lipinski definition) is 5. The van der Waals surface area contributed by atoms with E-state index >= 15 is 0 Å². The summed E-state index contributed by atoms with van der Waals surface area (Å²) >= 11 is 0. The summed E-state index contributed by atoms with van der Waals surface area (Å²) in [5.41, 5.74) is 0. The lowest BCUT2D eigenvalue weighted by Gasteiger charge is -2.09. The number of aliphatic hydroxyl groups excluding tert-OH is 1. The summed E-state index contributed by atoms with van der Waals surface area (Å²) in [7, 11) is -6.29. The first kappa shape index (κ1) is 14.9. The molecule has 0 saturated carbocycles. The lowest BCUT2D eigenvalue weighted by molar-refractivity contribution is 0.287. The highest BCUT2D eigenvalue weighted by molar-refractivity contribution is 7.91. The predicted molar refractivity (Wildman–Crippen MR) is 64.9 cm³/mol. The van der Waals surface area contributed by atoms with Crippen molar-refractivity contribution >= 4 is 19.9 Å². The summed E-state index contributed by atoms with van der Waals surface area (Å²) in [6.45, 7) is 0.178. The van der Waals surface area contributed by atoms with E-state index in [0.717, 1.165) is 0 Å². The highest BCUT2D eigenvalue weighted by atomic mass is 32.2. The van der Waals surface area contributed by atoms with Gasteiger partial charge in [0, 0.05) is 13.2 Å². The normalized spacial score (nSPS) is 23.9. The van der Waals surface area contributed by atoms with Crippen LogP contribution in [0.1, 0.15) is 19.3 Å². The van der Waals surface area contributed by atoms with Crippen LogP contribution in [-0.2, 0) is 19.9 Å². The summed E-state index contributed by atoms with van der Waals surface area (Å²) in [6.07, 6.45) is 1.40. The monoisotopic (exact) mass is 285 g/mol. The molecule has 0 spiro atoms. The van der Waals surface area contributed by atoms with Crippen molar-refractivity contribution in [1.29, 1.82) is 0 Å². The van der Waals surface area contributed by atoms with Gasteiger partial charge in [-0.1, -0.05) is 0 Å². The molecule has 17 heavy (non-hydrogen) atoms. The van der Waals surface area contributed by atoms with E-state index < -0.39 is 19.9 Å². The van der Waals surface area contributed by atoms with Crippen LogP contribution >= 0.6 is 0 Å². The largest absolute Gasteiger partial charge is 0.396 e. The van der Waals surface area contributed by atoms with Crippen LogP contribution in [0.4, 0.5) is 0 Å². The van der Waals surface area contributed by atoms with Gasteiger partial charge >= 0.3 is 0 Å². The van der Waals surface area contributed by atoms with Gasteiger partial charge in [0.2, 0.25) is 10.0 Å². The van der Waals surface area contributed by atoms with Crippen LogP contribution in [0.3, 0.4) is 0 Å². The van der Waals surface area contributed by atoms with Crippen LogP contribution < -0.4 is 4.72 Å². The zero-order chi connectivity index (χ0) is 12.9. The summed E-state index contributed by atoms with van der Waals surface area (Å²) in [4.78, 5) is 0. The average Bonchev–Trinajstić information content (AvgIpc) is 2.56. The van der Waals surface area contributed by atoms with E-state index in [2.05, 4.69) is 4.72 Å². The smallest absolute Gasteiger partial charge is 0.211 e. The third-order valence-corrected chi connectivity index (χ3v) is 6.01. The molecule has 0 radical (unpaired) electrons. The SMILES string of the molecule is O=S1(=O)CCC(CNS(=O)(=O)CCCCO)C1. The van der Waals surface area contributed by atoms with Gasteiger partial charge in [-0.3, -0.25) is 0 Å². The Bertz CT molecular complexity index is 428. The van der Waals surface area contributed by atoms with Crippen LogP contribution in [-0.4, -0.2) is 52.4 Å². The van der Waals surface area contributed by atoms with Gasteiger partial charge in [0.05, 0.1) is 17.3 Å². The third-order valence-electron chi connectivity index (χ3n) is 2.74. The topological polar surface area (TPSA) is 101 Å². The molecule has 0 amide bonds. The van der Waals surface area contributed by atoms with E-state index in [-0.39, 0.29) is 36.3 Å². The van der Waals surface area contributed by atoms with E-state index in [1.807, 2.05) is 0 Å². The van der Waals surface area contributed by atoms with E-state index in [9.17, 15) is 16.8 Å². The van der Waals surface area contributed by atoms with Gasteiger partial charge in [0.25, 0.3) is 0 Å². The molecule has 1 rings (SSSR count). The highest BCUT2D eigenvalue weighted by Gasteiger charge is 2.28. The quantitative estimate of drug-likeness (QED) is 0.591. The Kier molecular flexibility index (Phi) is 5.36. The van der Waals surface area contributed by atoms with Gasteiger partial charge in [0.15, 0.2) is 9.84 Å². The molecule has 2 N–H and O–H groups in total. The zero-order valence-electron chi connectivity index (χ0n) is 9.63. The van der Waals surface area contributed by atoms with Crippen LogP contribution in [0.2, 0.25) is 0 Å². The van der Waals surface area contributed by atoms with Crippen LogP contribution in [0.25, 0.3) is 0 Å². The van der Waals surface area contributed by atoms with Gasteiger partial charge in [0.1, 0.15) is 0 Å². The molecule has 102 valence electrons. The maximum atomic E-state index is 11.5. The minimum absolute atomic E-state index is 0.0175. The molecule has 0 aromatic carbocycles. The molecule has 0 bridgehead atoms. The zero-order valence-corrected chi connectivity index (χ0v) is 11.3. The van der Waals surface area contributed by atoms with Crippen molar-refractivity contribution in [3.63, 3.8) is 0 Å². The first-order valence-electron chi connectivity index (χ1n) is 5.63. The number of unbranched alkanes of at least 4 members (excludes halogenated alkanes) is 1. The molecule has 0 aliphatic carbocycles. The molecule has 6 nitrogen and oxygen atoms in total. The molecule has 0 aromatic rings. The molecule has 0 aromatic heterocycles. The molecular formula is C9H19NO5S2. The first-order valence-corrected chi connectivity index (χ1v) is 9.10. The van der Waals surface area contributed by atoms with Crippen LogP contribution in [0.5, 0.6) is 0 Å². The molecule has 1 aliphatic heterocycles. The fourth-order valence-corrected chi connectivity index (χ4v) is 4.83. The van der Waals surface area contributed by atoms with Crippen molar-refractivity contribution in [3.05, 3.63) is 0 Å². The number of sulfonamides is 1. The number of rotatable bonds is 7. The fraction of sp³-hybridized carbons (Fsp3) is 1.00. The Morgan fingerprint density at radius 3 is 2.53 bits per heavy atom. The van der Waals surface area contributed by atoms with Gasteiger partial charge in [-0.2, -0.15) is 0 Å². The minimum atomic E-state index is -3.33. The summed E-state index contributed by atoms with van der Waals surface area (Å²) in [5.74, 6) is 0.107. The highest BCUT2D eigenvalue weighted by Crippen LogP contribution is 2.17. The standard InChI is InChI=1S/C9H19NO5S2/c11-4-1-2-5-17(14,15)10-7-9-3-6-16(12,13)8-9/h9-11H,1-8H2. The van der Waals surface area contributed by atoms with Gasteiger partial charge in [-0.25, -0.2) is 21.6 Å². The average molecular weight is 285 g/mol. The Morgan fingerprint density at radius 2 is 2.00 bits per heavy atom. The van der Waals surface area contributed by atoms with Crippen molar-refractivity contribution in [1.82, 2.24) is 4.72 Å². The number of sulfone groups is 1. The van der Waals surface area contributed by atoms with Crippen molar-refractivity contribution in [2.45, 2.75) is 19.3 Å². The van der Waals surface area contributed by atoms with E-state index in [1.165, 1.54) is 0 Å². The second-order valence-electron chi connectivity index (χ2n) is 4.37. The number of nitrogens with one attached hydrogen (secondary N) is 1. The van der Waals surface area contributed by atoms with Gasteiger partial charge < -0.3 is 5.11 Å². The predicted octanol–water partition coefficient (Wildman–Crippen LogP) is -0.887. The van der Waals surface area contributed by atoms with Gasteiger partial charge in [-0.05, 0) is 25.2 Å².